The number of benzene rings is 1. The Labute approximate surface area is 171 Å². The van der Waals surface area contributed by atoms with Gasteiger partial charge in [0, 0.05) is 7.11 Å². The first-order valence-electron chi connectivity index (χ1n) is 9.66. The average molecular weight is 412 g/mol. The second-order valence-electron chi connectivity index (χ2n) is 7.47. The Morgan fingerprint density at radius 1 is 1.10 bits per heavy atom. The van der Waals surface area contributed by atoms with Crippen LogP contribution in [0.4, 0.5) is 0 Å². The number of aliphatic carboxylic acids is 1. The summed E-state index contributed by atoms with van der Waals surface area (Å²) in [5.41, 5.74) is 0.791. The molecule has 0 unspecified atom stereocenters. The highest BCUT2D eigenvalue weighted by molar-refractivity contribution is 5.73. The standard InChI is InChI=1S/C21H32O8/c1-12(8-9-18(28-4)15-6-5-7-16(23)10-15)20(13(2)21(26)27)29-19(25)11-17(24)14(3)22/h5-7,10,12-14,17-18,20,22-24H,8-9,11H2,1-4H3,(H,26,27)/t12-,13+,14+,17+,18-,20+/m0/s1. The third kappa shape index (κ3) is 8.00. The number of hydrogen-bond donors (Lipinski definition) is 4. The second-order valence-corrected chi connectivity index (χ2v) is 7.47. The van der Waals surface area contributed by atoms with E-state index in [4.69, 9.17) is 9.47 Å². The van der Waals surface area contributed by atoms with Crippen molar-refractivity contribution in [3.63, 3.8) is 0 Å². The number of rotatable bonds is 12. The van der Waals surface area contributed by atoms with Crippen LogP contribution >= 0.6 is 0 Å². The zero-order chi connectivity index (χ0) is 22.1. The molecule has 1 aromatic carbocycles. The lowest BCUT2D eigenvalue weighted by atomic mass is 9.88. The minimum absolute atomic E-state index is 0.126. The molecule has 0 saturated heterocycles. The fourth-order valence-electron chi connectivity index (χ4n) is 3.12. The molecule has 0 amide bonds. The van der Waals surface area contributed by atoms with Crippen LogP contribution in [0.1, 0.15) is 51.7 Å². The number of carboxylic acid groups (broad SMARTS) is 1. The molecule has 0 saturated carbocycles. The van der Waals surface area contributed by atoms with Crippen LogP contribution in [0, 0.1) is 11.8 Å². The van der Waals surface area contributed by atoms with Crippen molar-refractivity contribution in [2.24, 2.45) is 11.8 Å². The molecule has 0 fully saturated rings. The van der Waals surface area contributed by atoms with E-state index in [0.29, 0.717) is 12.8 Å². The molecule has 164 valence electrons. The van der Waals surface area contributed by atoms with Crippen molar-refractivity contribution in [1.82, 2.24) is 0 Å². The summed E-state index contributed by atoms with van der Waals surface area (Å²) in [4.78, 5) is 23.6. The van der Waals surface area contributed by atoms with Crippen LogP contribution in [-0.4, -0.2) is 57.8 Å². The minimum atomic E-state index is -1.28. The molecule has 8 nitrogen and oxygen atoms in total. The monoisotopic (exact) mass is 412 g/mol. The smallest absolute Gasteiger partial charge is 0.309 e. The molecule has 0 aromatic heterocycles. The van der Waals surface area contributed by atoms with Crippen LogP contribution < -0.4 is 0 Å². The number of aliphatic hydroxyl groups excluding tert-OH is 2. The molecule has 6 atom stereocenters. The first kappa shape index (κ1) is 24.9. The normalized spacial score (nSPS) is 17.6. The first-order chi connectivity index (χ1) is 13.6. The number of carbonyl (C=O) groups is 2. The molecule has 1 aromatic rings. The number of phenolic OH excluding ortho intramolecular Hbond substituents is 1. The van der Waals surface area contributed by atoms with Crippen LogP contribution in [0.15, 0.2) is 24.3 Å². The minimum Gasteiger partial charge on any atom is -0.508 e. The van der Waals surface area contributed by atoms with Crippen LogP contribution in [-0.2, 0) is 19.1 Å². The van der Waals surface area contributed by atoms with Gasteiger partial charge in [-0.15, -0.1) is 0 Å². The number of esters is 1. The van der Waals surface area contributed by atoms with E-state index < -0.39 is 42.6 Å². The summed E-state index contributed by atoms with van der Waals surface area (Å²) < 4.78 is 10.9. The van der Waals surface area contributed by atoms with E-state index in [2.05, 4.69) is 0 Å². The number of aromatic hydroxyl groups is 1. The van der Waals surface area contributed by atoms with Crippen molar-refractivity contribution in [2.75, 3.05) is 7.11 Å². The summed E-state index contributed by atoms with van der Waals surface area (Å²) >= 11 is 0. The SMILES string of the molecule is CO[C@@H](CC[C@H](C)[C@@H](OC(=O)C[C@@H](O)[C@@H](C)O)[C@@H](C)C(=O)O)c1cccc(O)c1. The van der Waals surface area contributed by atoms with Gasteiger partial charge in [-0.25, -0.2) is 0 Å². The number of carboxylic acids is 1. The molecule has 0 bridgehead atoms. The van der Waals surface area contributed by atoms with Crippen molar-refractivity contribution in [2.45, 2.75) is 64.4 Å². The zero-order valence-electron chi connectivity index (χ0n) is 17.3. The van der Waals surface area contributed by atoms with Gasteiger partial charge in [-0.2, -0.15) is 0 Å². The van der Waals surface area contributed by atoms with E-state index in [1.807, 2.05) is 6.07 Å². The summed E-state index contributed by atoms with van der Waals surface area (Å²) in [6.07, 6.45) is -2.97. The van der Waals surface area contributed by atoms with Gasteiger partial charge in [0.15, 0.2) is 0 Å². The Kier molecular flexibility index (Phi) is 10.1. The lowest BCUT2D eigenvalue weighted by molar-refractivity contribution is -0.164. The Hall–Kier alpha value is -2.16. The predicted octanol–water partition coefficient (Wildman–Crippen LogP) is 2.26. The zero-order valence-corrected chi connectivity index (χ0v) is 17.3. The molecule has 1 rings (SSSR count). The molecular formula is C21H32O8. The lowest BCUT2D eigenvalue weighted by Crippen LogP contribution is -2.37. The van der Waals surface area contributed by atoms with Gasteiger partial charge in [-0.3, -0.25) is 9.59 Å². The van der Waals surface area contributed by atoms with Gasteiger partial charge >= 0.3 is 11.9 Å². The van der Waals surface area contributed by atoms with Crippen molar-refractivity contribution in [1.29, 1.82) is 0 Å². The third-order valence-corrected chi connectivity index (χ3v) is 5.05. The number of phenols is 1. The topological polar surface area (TPSA) is 134 Å². The van der Waals surface area contributed by atoms with Gasteiger partial charge in [-0.1, -0.05) is 19.1 Å². The van der Waals surface area contributed by atoms with Gasteiger partial charge in [0.25, 0.3) is 0 Å². The summed E-state index contributed by atoms with van der Waals surface area (Å²) in [5, 5.41) is 38.0. The van der Waals surface area contributed by atoms with E-state index in [9.17, 15) is 30.0 Å². The van der Waals surface area contributed by atoms with E-state index in [1.165, 1.54) is 13.8 Å². The van der Waals surface area contributed by atoms with E-state index in [-0.39, 0.29) is 17.8 Å². The Morgan fingerprint density at radius 3 is 2.28 bits per heavy atom. The molecule has 29 heavy (non-hydrogen) atoms. The maximum absolute atomic E-state index is 12.1. The van der Waals surface area contributed by atoms with Crippen molar-refractivity contribution in [3.05, 3.63) is 29.8 Å². The van der Waals surface area contributed by atoms with E-state index in [0.717, 1.165) is 5.56 Å². The molecule has 0 aliphatic heterocycles. The van der Waals surface area contributed by atoms with Crippen molar-refractivity contribution >= 4 is 11.9 Å². The van der Waals surface area contributed by atoms with Crippen LogP contribution in [0.3, 0.4) is 0 Å². The van der Waals surface area contributed by atoms with Gasteiger partial charge in [0.2, 0.25) is 0 Å². The molecule has 0 radical (unpaired) electrons. The molecular weight excluding hydrogens is 380 g/mol. The maximum atomic E-state index is 12.1. The Morgan fingerprint density at radius 2 is 1.76 bits per heavy atom. The van der Waals surface area contributed by atoms with Gasteiger partial charge in [-0.05, 0) is 50.3 Å². The average Bonchev–Trinajstić information content (AvgIpc) is 2.65. The highest BCUT2D eigenvalue weighted by Gasteiger charge is 2.33. The summed E-state index contributed by atoms with van der Waals surface area (Å²) in [6, 6.07) is 6.70. The summed E-state index contributed by atoms with van der Waals surface area (Å²) in [5.74, 6) is -2.98. The number of ether oxygens (including phenoxy) is 2. The van der Waals surface area contributed by atoms with Crippen molar-refractivity contribution < 1.29 is 39.5 Å². The highest BCUT2D eigenvalue weighted by Crippen LogP contribution is 2.30. The third-order valence-electron chi connectivity index (χ3n) is 5.05. The summed E-state index contributed by atoms with van der Waals surface area (Å²) in [6.45, 7) is 4.60. The second kappa shape index (κ2) is 11.7. The Balaban J connectivity index is 2.81. The first-order valence-corrected chi connectivity index (χ1v) is 9.66. The maximum Gasteiger partial charge on any atom is 0.309 e. The van der Waals surface area contributed by atoms with E-state index >= 15 is 0 Å². The van der Waals surface area contributed by atoms with Crippen LogP contribution in [0.2, 0.25) is 0 Å². The molecule has 0 spiro atoms. The van der Waals surface area contributed by atoms with Gasteiger partial charge in [0.05, 0.1) is 30.7 Å². The van der Waals surface area contributed by atoms with Gasteiger partial charge in [0.1, 0.15) is 11.9 Å². The fourth-order valence-corrected chi connectivity index (χ4v) is 3.12. The fraction of sp³-hybridized carbons (Fsp3) is 0.619. The molecule has 8 heteroatoms. The number of carbonyl (C=O) groups excluding carboxylic acids is 1. The van der Waals surface area contributed by atoms with Crippen molar-refractivity contribution in [3.8, 4) is 5.75 Å². The molecule has 0 heterocycles. The van der Waals surface area contributed by atoms with Crippen LogP contribution in [0.25, 0.3) is 0 Å². The van der Waals surface area contributed by atoms with Crippen LogP contribution in [0.5, 0.6) is 5.75 Å². The summed E-state index contributed by atoms with van der Waals surface area (Å²) in [7, 11) is 1.55. The predicted molar refractivity (Wildman–Crippen MR) is 105 cm³/mol. The quantitative estimate of drug-likeness (QED) is 0.384. The number of aliphatic hydroxyl groups is 2. The number of hydrogen-bond acceptors (Lipinski definition) is 7. The lowest BCUT2D eigenvalue weighted by Gasteiger charge is -2.29. The largest absolute Gasteiger partial charge is 0.508 e. The highest BCUT2D eigenvalue weighted by atomic mass is 16.5. The van der Waals surface area contributed by atoms with Gasteiger partial charge < -0.3 is 29.9 Å². The number of methoxy groups -OCH3 is 1. The molecule has 4 N–H and O–H groups in total. The van der Waals surface area contributed by atoms with E-state index in [1.54, 1.807) is 32.2 Å². The molecule has 0 aliphatic carbocycles. The Bertz CT molecular complexity index is 660. The molecule has 0 aliphatic rings.